The lowest BCUT2D eigenvalue weighted by Gasteiger charge is -2.09. The molecule has 1 aromatic heterocycles. The van der Waals surface area contributed by atoms with E-state index in [1.165, 1.54) is 0 Å². The zero-order chi connectivity index (χ0) is 15.5. The third-order valence-corrected chi connectivity index (χ3v) is 3.23. The summed E-state index contributed by atoms with van der Waals surface area (Å²) in [6.45, 7) is 1.74. The molecule has 0 aliphatic heterocycles. The minimum absolute atomic E-state index is 0.302. The normalized spacial score (nSPS) is 10.2. The fourth-order valence-electron chi connectivity index (χ4n) is 2.24. The zero-order valence-electron chi connectivity index (χ0n) is 11.9. The zero-order valence-corrected chi connectivity index (χ0v) is 11.9. The molecule has 0 unspecified atom stereocenters. The molecule has 0 aliphatic carbocycles. The van der Waals surface area contributed by atoms with E-state index in [1.807, 2.05) is 18.2 Å². The van der Waals surface area contributed by atoms with E-state index >= 15 is 0 Å². The van der Waals surface area contributed by atoms with Gasteiger partial charge < -0.3 is 5.32 Å². The molecule has 1 N–H and O–H groups in total. The number of hydrogen-bond donors (Lipinski definition) is 1. The summed E-state index contributed by atoms with van der Waals surface area (Å²) in [6, 6.07) is 16.2. The molecule has 0 saturated heterocycles. The molecule has 1 heterocycles. The molecule has 2 aromatic carbocycles. The second-order valence-electron chi connectivity index (χ2n) is 4.75. The Morgan fingerprint density at radius 1 is 1.09 bits per heavy atom. The highest BCUT2D eigenvalue weighted by molar-refractivity contribution is 6.11. The Morgan fingerprint density at radius 3 is 2.64 bits per heavy atom. The maximum Gasteiger partial charge on any atom is 0.275 e. The van der Waals surface area contributed by atoms with Crippen LogP contribution >= 0.6 is 0 Å². The average Bonchev–Trinajstić information content (AvgIpc) is 2.54. The fraction of sp³-hybridized carbons (Fsp3) is 0.0588. The number of amides is 1. The number of nitrogens with zero attached hydrogens (tertiary/aromatic N) is 3. The Morgan fingerprint density at radius 2 is 1.82 bits per heavy atom. The van der Waals surface area contributed by atoms with Crippen molar-refractivity contribution in [2.75, 3.05) is 5.32 Å². The second kappa shape index (κ2) is 5.62. The minimum atomic E-state index is -0.357. The summed E-state index contributed by atoms with van der Waals surface area (Å²) in [5, 5.41) is 12.5. The number of carbonyl (C=O) groups is 1. The standard InChI is InChI=1S/C17H12N4O/c1-11-19-15-9-5-3-7-13(15)16(20-11)17(22)21-14-8-4-2-6-12(14)10-18/h2-9H,1H3,(H,21,22). The number of benzene rings is 2. The minimum Gasteiger partial charge on any atom is -0.319 e. The molecular weight excluding hydrogens is 276 g/mol. The summed E-state index contributed by atoms with van der Waals surface area (Å²) >= 11 is 0. The molecule has 5 nitrogen and oxygen atoms in total. The van der Waals surface area contributed by atoms with Crippen molar-refractivity contribution in [3.05, 3.63) is 65.6 Å². The number of aryl methyl sites for hydroxylation is 1. The molecule has 0 bridgehead atoms. The number of para-hydroxylation sites is 2. The number of nitrogens with one attached hydrogen (secondary N) is 1. The van der Waals surface area contributed by atoms with Crippen LogP contribution in [0.15, 0.2) is 48.5 Å². The van der Waals surface area contributed by atoms with Crippen LogP contribution in [0.4, 0.5) is 5.69 Å². The maximum atomic E-state index is 12.5. The highest BCUT2D eigenvalue weighted by atomic mass is 16.1. The summed E-state index contributed by atoms with van der Waals surface area (Å²) in [7, 11) is 0. The summed E-state index contributed by atoms with van der Waals surface area (Å²) in [5.41, 5.74) is 1.89. The van der Waals surface area contributed by atoms with Gasteiger partial charge in [0.25, 0.3) is 5.91 Å². The molecule has 22 heavy (non-hydrogen) atoms. The monoisotopic (exact) mass is 288 g/mol. The van der Waals surface area contributed by atoms with E-state index < -0.39 is 0 Å². The van der Waals surface area contributed by atoms with Crippen molar-refractivity contribution in [3.63, 3.8) is 0 Å². The Bertz CT molecular complexity index is 912. The van der Waals surface area contributed by atoms with Crippen LogP contribution in [-0.4, -0.2) is 15.9 Å². The van der Waals surface area contributed by atoms with Gasteiger partial charge in [0, 0.05) is 5.39 Å². The van der Waals surface area contributed by atoms with Gasteiger partial charge in [0.2, 0.25) is 0 Å². The molecule has 0 atom stereocenters. The van der Waals surface area contributed by atoms with Crippen molar-refractivity contribution in [1.82, 2.24) is 9.97 Å². The number of aromatic nitrogens is 2. The molecule has 0 aliphatic rings. The predicted molar refractivity (Wildman–Crippen MR) is 83.4 cm³/mol. The number of fused-ring (bicyclic) bond motifs is 1. The second-order valence-corrected chi connectivity index (χ2v) is 4.75. The Balaban J connectivity index is 2.05. The van der Waals surface area contributed by atoms with Gasteiger partial charge in [-0.15, -0.1) is 0 Å². The Hall–Kier alpha value is -3.26. The van der Waals surface area contributed by atoms with Gasteiger partial charge >= 0.3 is 0 Å². The molecule has 0 fully saturated rings. The number of hydrogen-bond acceptors (Lipinski definition) is 4. The summed E-state index contributed by atoms with van der Waals surface area (Å²) in [4.78, 5) is 21.1. The predicted octanol–water partition coefficient (Wildman–Crippen LogP) is 3.06. The Kier molecular flexibility index (Phi) is 3.50. The third kappa shape index (κ3) is 2.50. The number of carbonyl (C=O) groups excluding carboxylic acids is 1. The van der Waals surface area contributed by atoms with E-state index in [0.29, 0.717) is 33.7 Å². The van der Waals surface area contributed by atoms with Crippen molar-refractivity contribution in [2.45, 2.75) is 6.92 Å². The first kappa shape index (κ1) is 13.7. The first-order chi connectivity index (χ1) is 10.7. The highest BCUT2D eigenvalue weighted by Crippen LogP contribution is 2.19. The van der Waals surface area contributed by atoms with Gasteiger partial charge in [-0.2, -0.15) is 5.26 Å². The summed E-state index contributed by atoms with van der Waals surface area (Å²) in [5.74, 6) is 0.168. The van der Waals surface area contributed by atoms with Crippen molar-refractivity contribution < 1.29 is 4.79 Å². The van der Waals surface area contributed by atoms with Gasteiger partial charge in [-0.05, 0) is 25.1 Å². The van der Waals surface area contributed by atoms with Crippen LogP contribution in [0.2, 0.25) is 0 Å². The summed E-state index contributed by atoms with van der Waals surface area (Å²) < 4.78 is 0. The van der Waals surface area contributed by atoms with E-state index in [9.17, 15) is 4.79 Å². The molecule has 0 spiro atoms. The lowest BCUT2D eigenvalue weighted by molar-refractivity contribution is 0.102. The topological polar surface area (TPSA) is 78.7 Å². The van der Waals surface area contributed by atoms with Gasteiger partial charge in [0.15, 0.2) is 0 Å². The van der Waals surface area contributed by atoms with Crippen LogP contribution < -0.4 is 5.32 Å². The molecule has 0 saturated carbocycles. The van der Waals surface area contributed by atoms with Gasteiger partial charge in [0.1, 0.15) is 17.6 Å². The highest BCUT2D eigenvalue weighted by Gasteiger charge is 2.15. The lowest BCUT2D eigenvalue weighted by atomic mass is 10.1. The quantitative estimate of drug-likeness (QED) is 0.786. The maximum absolute atomic E-state index is 12.5. The molecule has 106 valence electrons. The van der Waals surface area contributed by atoms with Crippen molar-refractivity contribution in [3.8, 4) is 6.07 Å². The SMILES string of the molecule is Cc1nc(C(=O)Nc2ccccc2C#N)c2ccccc2n1. The van der Waals surface area contributed by atoms with E-state index in [-0.39, 0.29) is 5.91 Å². The Labute approximate surface area is 127 Å². The van der Waals surface area contributed by atoms with Gasteiger partial charge in [0.05, 0.1) is 16.8 Å². The smallest absolute Gasteiger partial charge is 0.275 e. The number of anilines is 1. The first-order valence-corrected chi connectivity index (χ1v) is 6.73. The van der Waals surface area contributed by atoms with Gasteiger partial charge in [-0.1, -0.05) is 30.3 Å². The molecule has 1 amide bonds. The van der Waals surface area contributed by atoms with Crippen LogP contribution in [0.1, 0.15) is 21.9 Å². The van der Waals surface area contributed by atoms with Crippen molar-refractivity contribution in [1.29, 1.82) is 5.26 Å². The molecular formula is C17H12N4O. The average molecular weight is 288 g/mol. The first-order valence-electron chi connectivity index (χ1n) is 6.73. The lowest BCUT2D eigenvalue weighted by Crippen LogP contribution is -2.16. The van der Waals surface area contributed by atoms with Crippen LogP contribution in [-0.2, 0) is 0 Å². The van der Waals surface area contributed by atoms with E-state index in [1.54, 1.807) is 37.3 Å². The van der Waals surface area contributed by atoms with Crippen molar-refractivity contribution >= 4 is 22.5 Å². The van der Waals surface area contributed by atoms with E-state index in [0.717, 1.165) is 0 Å². The van der Waals surface area contributed by atoms with Crippen LogP contribution in [0.3, 0.4) is 0 Å². The van der Waals surface area contributed by atoms with Crippen LogP contribution in [0, 0.1) is 18.3 Å². The number of nitriles is 1. The third-order valence-electron chi connectivity index (χ3n) is 3.23. The molecule has 0 radical (unpaired) electrons. The van der Waals surface area contributed by atoms with Crippen LogP contribution in [0.5, 0.6) is 0 Å². The molecule has 3 rings (SSSR count). The van der Waals surface area contributed by atoms with E-state index in [4.69, 9.17) is 5.26 Å². The number of rotatable bonds is 2. The van der Waals surface area contributed by atoms with Gasteiger partial charge in [-0.3, -0.25) is 4.79 Å². The largest absolute Gasteiger partial charge is 0.319 e. The van der Waals surface area contributed by atoms with Crippen molar-refractivity contribution in [2.24, 2.45) is 0 Å². The molecule has 5 heteroatoms. The summed E-state index contributed by atoms with van der Waals surface area (Å²) in [6.07, 6.45) is 0. The fourth-order valence-corrected chi connectivity index (χ4v) is 2.24. The molecule has 3 aromatic rings. The van der Waals surface area contributed by atoms with E-state index in [2.05, 4.69) is 21.4 Å². The van der Waals surface area contributed by atoms with Crippen LogP contribution in [0.25, 0.3) is 10.9 Å². The van der Waals surface area contributed by atoms with Gasteiger partial charge in [-0.25, -0.2) is 9.97 Å².